The van der Waals surface area contributed by atoms with E-state index in [4.69, 9.17) is 4.74 Å². The predicted molar refractivity (Wildman–Crippen MR) is 63.1 cm³/mol. The summed E-state index contributed by atoms with van der Waals surface area (Å²) in [5.41, 5.74) is 0.421. The second-order valence-electron chi connectivity index (χ2n) is 6.06. The molecular formula is C13H23NO2. The van der Waals surface area contributed by atoms with Gasteiger partial charge in [0.15, 0.2) is 0 Å². The Labute approximate surface area is 98.1 Å². The summed E-state index contributed by atoms with van der Waals surface area (Å²) in [4.78, 5) is 13.7. The molecular weight excluding hydrogens is 202 g/mol. The molecule has 0 radical (unpaired) electrons. The van der Waals surface area contributed by atoms with Crippen molar-refractivity contribution < 1.29 is 9.53 Å². The maximum Gasteiger partial charge on any atom is 0.225 e. The Balaban J connectivity index is 1.72. The van der Waals surface area contributed by atoms with E-state index in [2.05, 4.69) is 13.8 Å². The third-order valence-corrected chi connectivity index (χ3v) is 3.64. The SMILES string of the molecule is CC(C)OC1CC2(C1)CN(C(=O)C(C)C)C2. The molecule has 1 saturated heterocycles. The van der Waals surface area contributed by atoms with E-state index in [9.17, 15) is 4.79 Å². The lowest BCUT2D eigenvalue weighted by atomic mass is 9.61. The zero-order chi connectivity index (χ0) is 11.9. The first-order valence-electron chi connectivity index (χ1n) is 6.36. The maximum atomic E-state index is 11.7. The molecule has 3 heteroatoms. The molecule has 2 aliphatic rings. The van der Waals surface area contributed by atoms with Gasteiger partial charge >= 0.3 is 0 Å². The Morgan fingerprint density at radius 2 is 1.81 bits per heavy atom. The van der Waals surface area contributed by atoms with Crippen molar-refractivity contribution in [2.75, 3.05) is 13.1 Å². The minimum absolute atomic E-state index is 0.139. The number of nitrogens with zero attached hydrogens (tertiary/aromatic N) is 1. The zero-order valence-electron chi connectivity index (χ0n) is 10.8. The van der Waals surface area contributed by atoms with E-state index in [1.165, 1.54) is 0 Å². The summed E-state index contributed by atoms with van der Waals surface area (Å²) in [7, 11) is 0. The Bertz CT molecular complexity index is 272. The van der Waals surface area contributed by atoms with Gasteiger partial charge in [-0.2, -0.15) is 0 Å². The van der Waals surface area contributed by atoms with Gasteiger partial charge in [-0.05, 0) is 26.7 Å². The van der Waals surface area contributed by atoms with Crippen LogP contribution in [0.2, 0.25) is 0 Å². The van der Waals surface area contributed by atoms with Gasteiger partial charge in [0.2, 0.25) is 5.91 Å². The molecule has 1 aliphatic heterocycles. The Kier molecular flexibility index (Phi) is 2.99. The molecule has 1 spiro atoms. The first-order chi connectivity index (χ1) is 7.42. The van der Waals surface area contributed by atoms with Crippen molar-refractivity contribution >= 4 is 5.91 Å². The van der Waals surface area contributed by atoms with Gasteiger partial charge in [0.25, 0.3) is 0 Å². The lowest BCUT2D eigenvalue weighted by Crippen LogP contribution is -2.66. The molecule has 0 bridgehead atoms. The molecule has 16 heavy (non-hydrogen) atoms. The fourth-order valence-corrected chi connectivity index (χ4v) is 2.93. The van der Waals surface area contributed by atoms with Crippen molar-refractivity contribution in [1.82, 2.24) is 4.90 Å². The van der Waals surface area contributed by atoms with E-state index >= 15 is 0 Å². The largest absolute Gasteiger partial charge is 0.376 e. The molecule has 0 atom stereocenters. The van der Waals surface area contributed by atoms with E-state index in [-0.39, 0.29) is 5.92 Å². The molecule has 0 aromatic rings. The Morgan fingerprint density at radius 3 is 2.25 bits per heavy atom. The maximum absolute atomic E-state index is 11.7. The van der Waals surface area contributed by atoms with E-state index in [1.54, 1.807) is 0 Å². The molecule has 0 aromatic heterocycles. The van der Waals surface area contributed by atoms with Gasteiger partial charge in [-0.25, -0.2) is 0 Å². The third-order valence-electron chi connectivity index (χ3n) is 3.64. The third kappa shape index (κ3) is 2.10. The monoisotopic (exact) mass is 225 g/mol. The van der Waals surface area contributed by atoms with Gasteiger partial charge in [0.1, 0.15) is 0 Å². The molecule has 3 nitrogen and oxygen atoms in total. The first kappa shape index (κ1) is 11.9. The number of carbonyl (C=O) groups excluding carboxylic acids is 1. The van der Waals surface area contributed by atoms with Gasteiger partial charge in [0.05, 0.1) is 12.2 Å². The molecule has 0 N–H and O–H groups in total. The zero-order valence-corrected chi connectivity index (χ0v) is 10.8. The number of carbonyl (C=O) groups is 1. The van der Waals surface area contributed by atoms with E-state index in [0.29, 0.717) is 23.5 Å². The minimum Gasteiger partial charge on any atom is -0.376 e. The lowest BCUT2D eigenvalue weighted by Gasteiger charge is -2.59. The van der Waals surface area contributed by atoms with Gasteiger partial charge in [-0.3, -0.25) is 4.79 Å². The summed E-state index contributed by atoms with van der Waals surface area (Å²) in [6.45, 7) is 10.0. The number of hydrogen-bond donors (Lipinski definition) is 0. The second kappa shape index (κ2) is 4.02. The van der Waals surface area contributed by atoms with Crippen LogP contribution in [0.1, 0.15) is 40.5 Å². The fraction of sp³-hybridized carbons (Fsp3) is 0.923. The van der Waals surface area contributed by atoms with Crippen LogP contribution in [-0.2, 0) is 9.53 Å². The Morgan fingerprint density at radius 1 is 1.25 bits per heavy atom. The normalized spacial score (nSPS) is 23.8. The van der Waals surface area contributed by atoms with Crippen LogP contribution in [0.3, 0.4) is 0 Å². The van der Waals surface area contributed by atoms with Gasteiger partial charge in [-0.15, -0.1) is 0 Å². The summed E-state index contributed by atoms with van der Waals surface area (Å²) in [6, 6.07) is 0. The van der Waals surface area contributed by atoms with Crippen molar-refractivity contribution in [3.05, 3.63) is 0 Å². The number of rotatable bonds is 3. The van der Waals surface area contributed by atoms with Crippen LogP contribution >= 0.6 is 0 Å². The molecule has 2 rings (SSSR count). The lowest BCUT2D eigenvalue weighted by molar-refractivity contribution is -0.179. The molecule has 1 aliphatic carbocycles. The van der Waals surface area contributed by atoms with E-state index in [0.717, 1.165) is 25.9 Å². The highest BCUT2D eigenvalue weighted by molar-refractivity contribution is 5.79. The summed E-state index contributed by atoms with van der Waals surface area (Å²) in [6.07, 6.45) is 3.06. The van der Waals surface area contributed by atoms with Gasteiger partial charge < -0.3 is 9.64 Å². The average molecular weight is 225 g/mol. The summed E-state index contributed by atoms with van der Waals surface area (Å²) < 4.78 is 5.76. The average Bonchev–Trinajstić information content (AvgIpc) is 2.04. The van der Waals surface area contributed by atoms with Crippen LogP contribution in [0.25, 0.3) is 0 Å². The van der Waals surface area contributed by atoms with Crippen molar-refractivity contribution in [2.24, 2.45) is 11.3 Å². The molecule has 1 amide bonds. The highest BCUT2D eigenvalue weighted by atomic mass is 16.5. The van der Waals surface area contributed by atoms with Crippen LogP contribution in [-0.4, -0.2) is 36.1 Å². The van der Waals surface area contributed by atoms with Gasteiger partial charge in [-0.1, -0.05) is 13.8 Å². The van der Waals surface area contributed by atoms with Crippen LogP contribution in [0.15, 0.2) is 0 Å². The number of hydrogen-bond acceptors (Lipinski definition) is 2. The van der Waals surface area contributed by atoms with Gasteiger partial charge in [0, 0.05) is 24.4 Å². The molecule has 2 fully saturated rings. The number of amides is 1. The standard InChI is InChI=1S/C13H23NO2/c1-9(2)12(15)14-7-13(8-14)5-11(6-13)16-10(3)4/h9-11H,5-8H2,1-4H3. The van der Waals surface area contributed by atoms with Crippen LogP contribution in [0, 0.1) is 11.3 Å². The molecule has 0 aromatic carbocycles. The van der Waals surface area contributed by atoms with Crippen molar-refractivity contribution in [3.8, 4) is 0 Å². The highest BCUT2D eigenvalue weighted by Crippen LogP contribution is 2.50. The number of ether oxygens (including phenoxy) is 1. The summed E-state index contributed by atoms with van der Waals surface area (Å²) in [5, 5.41) is 0. The van der Waals surface area contributed by atoms with E-state index < -0.39 is 0 Å². The minimum atomic E-state index is 0.139. The number of likely N-dealkylation sites (tertiary alicyclic amines) is 1. The van der Waals surface area contributed by atoms with Crippen LogP contribution < -0.4 is 0 Å². The first-order valence-corrected chi connectivity index (χ1v) is 6.36. The van der Waals surface area contributed by atoms with Crippen LogP contribution in [0.5, 0.6) is 0 Å². The second-order valence-corrected chi connectivity index (χ2v) is 6.06. The summed E-state index contributed by atoms with van der Waals surface area (Å²) in [5.74, 6) is 0.444. The molecule has 92 valence electrons. The Hall–Kier alpha value is -0.570. The molecule has 1 heterocycles. The smallest absolute Gasteiger partial charge is 0.225 e. The topological polar surface area (TPSA) is 29.5 Å². The van der Waals surface area contributed by atoms with Crippen molar-refractivity contribution in [2.45, 2.75) is 52.7 Å². The van der Waals surface area contributed by atoms with E-state index in [1.807, 2.05) is 18.7 Å². The van der Waals surface area contributed by atoms with Crippen molar-refractivity contribution in [3.63, 3.8) is 0 Å². The van der Waals surface area contributed by atoms with Crippen molar-refractivity contribution in [1.29, 1.82) is 0 Å². The predicted octanol–water partition coefficient (Wildman–Crippen LogP) is 2.06. The molecule has 0 unspecified atom stereocenters. The summed E-state index contributed by atoms with van der Waals surface area (Å²) >= 11 is 0. The quantitative estimate of drug-likeness (QED) is 0.736. The highest BCUT2D eigenvalue weighted by Gasteiger charge is 2.54. The fourth-order valence-electron chi connectivity index (χ4n) is 2.93. The molecule has 1 saturated carbocycles. The van der Waals surface area contributed by atoms with Crippen LogP contribution in [0.4, 0.5) is 0 Å².